The Morgan fingerprint density at radius 1 is 0.933 bits per heavy atom. The van der Waals surface area contributed by atoms with Crippen molar-refractivity contribution in [3.8, 4) is 11.3 Å². The lowest BCUT2D eigenvalue weighted by molar-refractivity contribution is -0.113. The minimum absolute atomic E-state index is 0.0853. The lowest BCUT2D eigenvalue weighted by atomic mass is 10.1. The Morgan fingerprint density at radius 3 is 2.30 bits per heavy atom. The monoisotopic (exact) mass is 433 g/mol. The van der Waals surface area contributed by atoms with Crippen LogP contribution in [0.2, 0.25) is 5.02 Å². The van der Waals surface area contributed by atoms with Crippen molar-refractivity contribution >= 4 is 35.0 Å². The van der Waals surface area contributed by atoms with Crippen LogP contribution in [0.5, 0.6) is 0 Å². The molecule has 3 aromatic carbocycles. The fraction of sp³-hybridized carbons (Fsp3) is 0.0833. The molecule has 4 aromatic rings. The molecule has 0 aliphatic rings. The van der Waals surface area contributed by atoms with Crippen LogP contribution in [-0.4, -0.2) is 21.2 Å². The van der Waals surface area contributed by atoms with Gasteiger partial charge in [0, 0.05) is 10.7 Å². The van der Waals surface area contributed by atoms with E-state index in [1.165, 1.54) is 17.3 Å². The van der Waals surface area contributed by atoms with Gasteiger partial charge in [-0.3, -0.25) is 4.79 Å². The average Bonchev–Trinajstić information content (AvgIpc) is 3.17. The number of carbonyl (C=O) groups is 1. The molecule has 6 heteroatoms. The van der Waals surface area contributed by atoms with Crippen LogP contribution in [0.1, 0.15) is 5.56 Å². The second-order valence-electron chi connectivity index (χ2n) is 6.71. The van der Waals surface area contributed by atoms with Crippen molar-refractivity contribution in [3.63, 3.8) is 0 Å². The second-order valence-corrected chi connectivity index (χ2v) is 8.09. The molecule has 0 aliphatic carbocycles. The van der Waals surface area contributed by atoms with E-state index >= 15 is 0 Å². The number of hydrogen-bond donors (Lipinski definition) is 1. The zero-order valence-corrected chi connectivity index (χ0v) is 17.7. The highest BCUT2D eigenvalue weighted by atomic mass is 35.5. The van der Waals surface area contributed by atoms with E-state index in [4.69, 9.17) is 11.6 Å². The third-order valence-corrected chi connectivity index (χ3v) is 5.77. The third-order valence-electron chi connectivity index (χ3n) is 4.53. The van der Waals surface area contributed by atoms with Crippen LogP contribution in [0.25, 0.3) is 11.3 Å². The average molecular weight is 434 g/mol. The minimum Gasteiger partial charge on any atom is -0.325 e. The SMILES string of the molecule is O=C(CSc1ncc(-c2ccccc2)n1Cc1ccccc1)Nc1ccc(Cl)cc1. The first-order valence-corrected chi connectivity index (χ1v) is 10.9. The summed E-state index contributed by atoms with van der Waals surface area (Å²) in [6.07, 6.45) is 1.87. The number of rotatable bonds is 7. The van der Waals surface area contributed by atoms with Crippen molar-refractivity contribution in [1.82, 2.24) is 9.55 Å². The molecule has 1 heterocycles. The summed E-state index contributed by atoms with van der Waals surface area (Å²) in [6.45, 7) is 0.687. The van der Waals surface area contributed by atoms with Gasteiger partial charge in [-0.2, -0.15) is 0 Å². The number of nitrogens with one attached hydrogen (secondary N) is 1. The van der Waals surface area contributed by atoms with Gasteiger partial charge in [-0.15, -0.1) is 0 Å². The highest BCUT2D eigenvalue weighted by Crippen LogP contribution is 2.27. The maximum absolute atomic E-state index is 12.4. The molecule has 0 aliphatic heterocycles. The molecule has 150 valence electrons. The smallest absolute Gasteiger partial charge is 0.234 e. The highest BCUT2D eigenvalue weighted by Gasteiger charge is 2.14. The van der Waals surface area contributed by atoms with Crippen LogP contribution in [0, 0.1) is 0 Å². The van der Waals surface area contributed by atoms with E-state index in [0.717, 1.165) is 22.1 Å². The van der Waals surface area contributed by atoms with E-state index in [-0.39, 0.29) is 11.7 Å². The topological polar surface area (TPSA) is 46.9 Å². The maximum atomic E-state index is 12.4. The van der Waals surface area contributed by atoms with Crippen molar-refractivity contribution < 1.29 is 4.79 Å². The molecule has 0 saturated carbocycles. The number of thioether (sulfide) groups is 1. The fourth-order valence-electron chi connectivity index (χ4n) is 3.09. The zero-order chi connectivity index (χ0) is 20.8. The summed E-state index contributed by atoms with van der Waals surface area (Å²) >= 11 is 7.32. The van der Waals surface area contributed by atoms with E-state index in [1.54, 1.807) is 24.3 Å². The number of halogens is 1. The minimum atomic E-state index is -0.0853. The lowest BCUT2D eigenvalue weighted by Gasteiger charge is -2.12. The molecular weight excluding hydrogens is 414 g/mol. The van der Waals surface area contributed by atoms with Gasteiger partial charge < -0.3 is 9.88 Å². The van der Waals surface area contributed by atoms with E-state index in [2.05, 4.69) is 39.1 Å². The highest BCUT2D eigenvalue weighted by molar-refractivity contribution is 7.99. The summed E-state index contributed by atoms with van der Waals surface area (Å²) in [5.74, 6) is 0.181. The Labute approximate surface area is 184 Å². The molecule has 0 bridgehead atoms. The van der Waals surface area contributed by atoms with Gasteiger partial charge in [0.05, 0.1) is 24.2 Å². The van der Waals surface area contributed by atoms with Gasteiger partial charge in [-0.1, -0.05) is 84.0 Å². The second kappa shape index (κ2) is 9.65. The summed E-state index contributed by atoms with van der Waals surface area (Å²) in [6, 6.07) is 27.5. The Balaban J connectivity index is 1.52. The summed E-state index contributed by atoms with van der Waals surface area (Å²) in [4.78, 5) is 17.0. The molecule has 30 heavy (non-hydrogen) atoms. The molecule has 4 nitrogen and oxygen atoms in total. The van der Waals surface area contributed by atoms with Gasteiger partial charge >= 0.3 is 0 Å². The van der Waals surface area contributed by atoms with Gasteiger partial charge in [-0.25, -0.2) is 4.98 Å². The normalized spacial score (nSPS) is 10.7. The maximum Gasteiger partial charge on any atom is 0.234 e. The molecule has 1 aromatic heterocycles. The molecule has 0 atom stereocenters. The summed E-state index contributed by atoms with van der Waals surface area (Å²) in [5, 5.41) is 4.34. The molecule has 0 radical (unpaired) electrons. The summed E-state index contributed by atoms with van der Waals surface area (Å²) in [5.41, 5.74) is 4.03. The van der Waals surface area contributed by atoms with Gasteiger partial charge in [-0.05, 0) is 35.4 Å². The van der Waals surface area contributed by atoms with Crippen molar-refractivity contribution in [2.24, 2.45) is 0 Å². The molecule has 1 N–H and O–H groups in total. The summed E-state index contributed by atoms with van der Waals surface area (Å²) < 4.78 is 2.16. The number of benzene rings is 3. The number of aromatic nitrogens is 2. The zero-order valence-electron chi connectivity index (χ0n) is 16.2. The number of amides is 1. The Morgan fingerprint density at radius 2 is 1.60 bits per heavy atom. The number of imidazole rings is 1. The van der Waals surface area contributed by atoms with E-state index in [1.807, 2.05) is 42.6 Å². The van der Waals surface area contributed by atoms with Crippen molar-refractivity contribution in [2.45, 2.75) is 11.7 Å². The number of anilines is 1. The third kappa shape index (κ3) is 5.12. The fourth-order valence-corrected chi connectivity index (χ4v) is 4.00. The first-order chi connectivity index (χ1) is 14.7. The number of hydrogen-bond acceptors (Lipinski definition) is 3. The first kappa shape index (κ1) is 20.3. The van der Waals surface area contributed by atoms with E-state index < -0.39 is 0 Å². The Bertz CT molecular complexity index is 1110. The van der Waals surface area contributed by atoms with Crippen LogP contribution < -0.4 is 5.32 Å². The largest absolute Gasteiger partial charge is 0.325 e. The predicted molar refractivity (Wildman–Crippen MR) is 124 cm³/mol. The molecule has 4 rings (SSSR count). The van der Waals surface area contributed by atoms with E-state index in [0.29, 0.717) is 11.6 Å². The number of nitrogens with zero attached hydrogens (tertiary/aromatic N) is 2. The molecule has 1 amide bonds. The van der Waals surface area contributed by atoms with Crippen LogP contribution >= 0.6 is 23.4 Å². The van der Waals surface area contributed by atoms with Gasteiger partial charge in [0.2, 0.25) is 5.91 Å². The van der Waals surface area contributed by atoms with E-state index in [9.17, 15) is 4.79 Å². The number of carbonyl (C=O) groups excluding carboxylic acids is 1. The van der Waals surface area contributed by atoms with Crippen LogP contribution in [0.4, 0.5) is 5.69 Å². The van der Waals surface area contributed by atoms with Crippen LogP contribution in [-0.2, 0) is 11.3 Å². The predicted octanol–water partition coefficient (Wildman–Crippen LogP) is 5.98. The molecule has 0 saturated heterocycles. The van der Waals surface area contributed by atoms with Crippen molar-refractivity contribution in [3.05, 3.63) is 102 Å². The molecule has 0 spiro atoms. The summed E-state index contributed by atoms with van der Waals surface area (Å²) in [7, 11) is 0. The Kier molecular flexibility index (Phi) is 6.52. The van der Waals surface area contributed by atoms with Crippen molar-refractivity contribution in [2.75, 3.05) is 11.1 Å². The quantitative estimate of drug-likeness (QED) is 0.364. The van der Waals surface area contributed by atoms with Gasteiger partial charge in [0.15, 0.2) is 5.16 Å². The van der Waals surface area contributed by atoms with Crippen LogP contribution in [0.3, 0.4) is 0 Å². The van der Waals surface area contributed by atoms with Gasteiger partial charge in [0.25, 0.3) is 0 Å². The van der Waals surface area contributed by atoms with Crippen LogP contribution in [0.15, 0.2) is 96.3 Å². The van der Waals surface area contributed by atoms with Crippen molar-refractivity contribution in [1.29, 1.82) is 0 Å². The molecule has 0 fully saturated rings. The molecular formula is C24H20ClN3OS. The molecule has 0 unspecified atom stereocenters. The van der Waals surface area contributed by atoms with Gasteiger partial charge in [0.1, 0.15) is 0 Å². The standard InChI is InChI=1S/C24H20ClN3OS/c25-20-11-13-21(14-12-20)27-23(29)17-30-24-26-15-22(19-9-5-2-6-10-19)28(24)16-18-7-3-1-4-8-18/h1-15H,16-17H2,(H,27,29). The lowest BCUT2D eigenvalue weighted by Crippen LogP contribution is -2.14. The first-order valence-electron chi connectivity index (χ1n) is 9.52. The Hall–Kier alpha value is -3.02.